The second-order valence-corrected chi connectivity index (χ2v) is 5.18. The highest BCUT2D eigenvalue weighted by Crippen LogP contribution is 2.25. The lowest BCUT2D eigenvalue weighted by molar-refractivity contribution is 0.629. The summed E-state index contributed by atoms with van der Waals surface area (Å²) >= 11 is 11.4. The van der Waals surface area contributed by atoms with Gasteiger partial charge in [0, 0.05) is 5.02 Å². The second kappa shape index (κ2) is 4.47. The van der Waals surface area contributed by atoms with Crippen molar-refractivity contribution in [2.75, 3.05) is 0 Å². The van der Waals surface area contributed by atoms with E-state index in [1.54, 1.807) is 6.07 Å². The zero-order chi connectivity index (χ0) is 13.6. The fraction of sp³-hybridized carbons (Fsp3) is 0.0714. The van der Waals surface area contributed by atoms with Gasteiger partial charge in [-0.25, -0.2) is 4.39 Å². The number of imidazole rings is 1. The molecular formula is C14H10ClFN2S. The zero-order valence-corrected chi connectivity index (χ0v) is 11.6. The summed E-state index contributed by atoms with van der Waals surface area (Å²) in [7, 11) is 0. The highest BCUT2D eigenvalue weighted by molar-refractivity contribution is 7.71. The summed E-state index contributed by atoms with van der Waals surface area (Å²) in [5.74, 6) is -0.293. The normalized spacial score (nSPS) is 11.1. The van der Waals surface area contributed by atoms with E-state index in [0.717, 1.165) is 16.8 Å². The Kier molecular flexibility index (Phi) is 2.92. The molecule has 0 saturated heterocycles. The van der Waals surface area contributed by atoms with Crippen LogP contribution >= 0.6 is 23.8 Å². The second-order valence-electron chi connectivity index (χ2n) is 4.36. The molecule has 0 atom stereocenters. The number of fused-ring (bicyclic) bond motifs is 1. The van der Waals surface area contributed by atoms with E-state index in [1.807, 2.05) is 29.7 Å². The number of rotatable bonds is 1. The summed E-state index contributed by atoms with van der Waals surface area (Å²) in [5.41, 5.74) is 3.45. The fourth-order valence-corrected chi connectivity index (χ4v) is 2.62. The Balaban J connectivity index is 2.39. The van der Waals surface area contributed by atoms with E-state index in [9.17, 15) is 4.39 Å². The van der Waals surface area contributed by atoms with Crippen LogP contribution in [-0.2, 0) is 0 Å². The van der Waals surface area contributed by atoms with Gasteiger partial charge >= 0.3 is 0 Å². The van der Waals surface area contributed by atoms with Crippen molar-refractivity contribution in [3.05, 3.63) is 57.6 Å². The van der Waals surface area contributed by atoms with Crippen LogP contribution in [0.5, 0.6) is 0 Å². The number of aromatic amines is 1. The first-order valence-electron chi connectivity index (χ1n) is 5.73. The lowest BCUT2D eigenvalue weighted by Crippen LogP contribution is -1.97. The van der Waals surface area contributed by atoms with Crippen molar-refractivity contribution in [3.63, 3.8) is 0 Å². The van der Waals surface area contributed by atoms with E-state index in [2.05, 4.69) is 4.98 Å². The molecule has 0 aliphatic heterocycles. The average Bonchev–Trinajstić information content (AvgIpc) is 2.67. The molecule has 1 aromatic heterocycles. The molecule has 5 heteroatoms. The first-order valence-corrected chi connectivity index (χ1v) is 6.52. The Labute approximate surface area is 119 Å². The minimum Gasteiger partial charge on any atom is -0.330 e. The Bertz CT molecular complexity index is 835. The van der Waals surface area contributed by atoms with Gasteiger partial charge in [-0.15, -0.1) is 0 Å². The van der Waals surface area contributed by atoms with Crippen molar-refractivity contribution in [1.29, 1.82) is 0 Å². The SMILES string of the molecule is Cc1ccc(Cl)cc1-n1c(=S)[nH]c2cc(F)ccc21. The van der Waals surface area contributed by atoms with Gasteiger partial charge in [-0.2, -0.15) is 0 Å². The van der Waals surface area contributed by atoms with Crippen LogP contribution in [0.3, 0.4) is 0 Å². The largest absolute Gasteiger partial charge is 0.330 e. The third-order valence-corrected chi connectivity index (χ3v) is 3.58. The van der Waals surface area contributed by atoms with Crippen molar-refractivity contribution < 1.29 is 4.39 Å². The maximum atomic E-state index is 13.2. The molecular weight excluding hydrogens is 283 g/mol. The monoisotopic (exact) mass is 292 g/mol. The molecule has 96 valence electrons. The predicted molar refractivity (Wildman–Crippen MR) is 78.2 cm³/mol. The number of nitrogens with one attached hydrogen (secondary N) is 1. The molecule has 2 nitrogen and oxygen atoms in total. The Morgan fingerprint density at radius 2 is 2.00 bits per heavy atom. The molecule has 1 heterocycles. The minimum atomic E-state index is -0.293. The Hall–Kier alpha value is -1.65. The van der Waals surface area contributed by atoms with Crippen LogP contribution in [0.1, 0.15) is 5.56 Å². The number of hydrogen-bond donors (Lipinski definition) is 1. The molecule has 0 amide bonds. The van der Waals surface area contributed by atoms with Crippen molar-refractivity contribution in [3.8, 4) is 5.69 Å². The summed E-state index contributed by atoms with van der Waals surface area (Å²) < 4.78 is 15.6. The van der Waals surface area contributed by atoms with E-state index in [0.29, 0.717) is 15.3 Å². The lowest BCUT2D eigenvalue weighted by Gasteiger charge is -2.08. The van der Waals surface area contributed by atoms with Crippen LogP contribution in [-0.4, -0.2) is 9.55 Å². The molecule has 0 fully saturated rings. The highest BCUT2D eigenvalue weighted by Gasteiger charge is 2.09. The Morgan fingerprint density at radius 3 is 2.79 bits per heavy atom. The van der Waals surface area contributed by atoms with E-state index >= 15 is 0 Å². The summed E-state index contributed by atoms with van der Waals surface area (Å²) in [5, 5.41) is 0.638. The molecule has 3 rings (SSSR count). The zero-order valence-electron chi connectivity index (χ0n) is 10.1. The first-order chi connectivity index (χ1) is 9.06. The van der Waals surface area contributed by atoms with Gasteiger partial charge in [0.15, 0.2) is 4.77 Å². The maximum absolute atomic E-state index is 13.2. The summed E-state index contributed by atoms with van der Waals surface area (Å²) in [6.45, 7) is 1.98. The standard InChI is InChI=1S/C14H10ClFN2S/c1-8-2-3-9(15)6-13(8)18-12-5-4-10(16)7-11(12)17-14(18)19/h2-7H,1H3,(H,17,19). The van der Waals surface area contributed by atoms with E-state index in [1.165, 1.54) is 12.1 Å². The van der Waals surface area contributed by atoms with Crippen LogP contribution < -0.4 is 0 Å². The molecule has 1 N–H and O–H groups in total. The number of aryl methyl sites for hydroxylation is 1. The van der Waals surface area contributed by atoms with Crippen LogP contribution in [0.2, 0.25) is 5.02 Å². The average molecular weight is 293 g/mol. The summed E-state index contributed by atoms with van der Waals surface area (Å²) in [4.78, 5) is 3.01. The molecule has 0 aliphatic rings. The molecule has 3 aromatic rings. The predicted octanol–water partition coefficient (Wildman–Crippen LogP) is 4.79. The van der Waals surface area contributed by atoms with E-state index in [4.69, 9.17) is 23.8 Å². The first kappa shape index (κ1) is 12.4. The topological polar surface area (TPSA) is 20.7 Å². The number of H-pyrrole nitrogens is 1. The van der Waals surface area contributed by atoms with Crippen molar-refractivity contribution in [2.45, 2.75) is 6.92 Å². The quantitative estimate of drug-likeness (QED) is 0.640. The molecule has 0 saturated carbocycles. The van der Waals surface area contributed by atoms with Gasteiger partial charge in [0.1, 0.15) is 5.82 Å². The highest BCUT2D eigenvalue weighted by atomic mass is 35.5. The third kappa shape index (κ3) is 2.07. The molecule has 0 unspecified atom stereocenters. The third-order valence-electron chi connectivity index (χ3n) is 3.06. The van der Waals surface area contributed by atoms with E-state index < -0.39 is 0 Å². The van der Waals surface area contributed by atoms with Gasteiger partial charge in [-0.05, 0) is 55.0 Å². The van der Waals surface area contributed by atoms with Gasteiger partial charge < -0.3 is 4.98 Å². The van der Waals surface area contributed by atoms with Gasteiger partial charge in [0.05, 0.1) is 16.7 Å². The molecule has 2 aromatic carbocycles. The Morgan fingerprint density at radius 1 is 1.21 bits per heavy atom. The van der Waals surface area contributed by atoms with Crippen LogP contribution in [0.25, 0.3) is 16.7 Å². The van der Waals surface area contributed by atoms with Crippen LogP contribution in [0, 0.1) is 17.5 Å². The van der Waals surface area contributed by atoms with Gasteiger partial charge in [-0.3, -0.25) is 4.57 Å². The number of hydrogen-bond acceptors (Lipinski definition) is 1. The summed E-state index contributed by atoms with van der Waals surface area (Å²) in [6, 6.07) is 10.2. The van der Waals surface area contributed by atoms with Gasteiger partial charge in [0.25, 0.3) is 0 Å². The number of halogens is 2. The van der Waals surface area contributed by atoms with Gasteiger partial charge in [0.2, 0.25) is 0 Å². The van der Waals surface area contributed by atoms with Crippen molar-refractivity contribution >= 4 is 34.9 Å². The molecule has 0 bridgehead atoms. The van der Waals surface area contributed by atoms with Crippen molar-refractivity contribution in [2.24, 2.45) is 0 Å². The number of benzene rings is 2. The van der Waals surface area contributed by atoms with Gasteiger partial charge in [-0.1, -0.05) is 17.7 Å². The molecule has 0 radical (unpaired) electrons. The smallest absolute Gasteiger partial charge is 0.182 e. The van der Waals surface area contributed by atoms with E-state index in [-0.39, 0.29) is 5.82 Å². The minimum absolute atomic E-state index is 0.293. The van der Waals surface area contributed by atoms with Crippen LogP contribution in [0.15, 0.2) is 36.4 Å². The van der Waals surface area contributed by atoms with Crippen LogP contribution in [0.4, 0.5) is 4.39 Å². The summed E-state index contributed by atoms with van der Waals surface area (Å²) in [6.07, 6.45) is 0. The fourth-order valence-electron chi connectivity index (χ4n) is 2.15. The number of nitrogens with zero attached hydrogens (tertiary/aromatic N) is 1. The molecule has 0 aliphatic carbocycles. The number of aromatic nitrogens is 2. The lowest BCUT2D eigenvalue weighted by atomic mass is 10.2. The van der Waals surface area contributed by atoms with Crippen molar-refractivity contribution in [1.82, 2.24) is 9.55 Å². The molecule has 0 spiro atoms. The maximum Gasteiger partial charge on any atom is 0.182 e. The molecule has 19 heavy (non-hydrogen) atoms.